The second-order valence-electron chi connectivity index (χ2n) is 7.67. The van der Waals surface area contributed by atoms with Gasteiger partial charge in [0.2, 0.25) is 0 Å². The molecule has 2 aliphatic rings. The minimum Gasteiger partial charge on any atom is -0.328 e. The zero-order valence-electron chi connectivity index (χ0n) is 16.1. The van der Waals surface area contributed by atoms with Crippen molar-refractivity contribution in [3.63, 3.8) is 0 Å². The molecule has 1 fully saturated rings. The van der Waals surface area contributed by atoms with Crippen LogP contribution in [-0.2, 0) is 20.0 Å². The van der Waals surface area contributed by atoms with Crippen LogP contribution in [0.5, 0.6) is 0 Å². The fourth-order valence-electron chi connectivity index (χ4n) is 4.18. The Kier molecular flexibility index (Phi) is 5.09. The van der Waals surface area contributed by atoms with Gasteiger partial charge in [-0.15, -0.1) is 20.4 Å². The molecule has 1 N–H and O–H groups in total. The number of urea groups is 1. The van der Waals surface area contributed by atoms with E-state index in [1.165, 1.54) is 19.3 Å². The van der Waals surface area contributed by atoms with E-state index < -0.39 is 0 Å². The van der Waals surface area contributed by atoms with Crippen LogP contribution in [0.1, 0.15) is 68.5 Å². The van der Waals surface area contributed by atoms with Gasteiger partial charge in [0.1, 0.15) is 18.0 Å². The molecule has 1 unspecified atom stereocenters. The molecule has 2 aliphatic heterocycles. The summed E-state index contributed by atoms with van der Waals surface area (Å²) in [6, 6.07) is -0.209. The van der Waals surface area contributed by atoms with Crippen molar-refractivity contribution in [3.05, 3.63) is 23.8 Å². The third-order valence-corrected chi connectivity index (χ3v) is 5.76. The third-order valence-electron chi connectivity index (χ3n) is 5.76. The van der Waals surface area contributed by atoms with Gasteiger partial charge in [-0.05, 0) is 32.6 Å². The van der Waals surface area contributed by atoms with Crippen molar-refractivity contribution in [1.29, 1.82) is 0 Å². The molecular weight excluding hydrogens is 344 g/mol. The molecule has 4 rings (SSSR count). The number of hydrogen-bond acceptors (Lipinski definition) is 5. The molecule has 2 amide bonds. The Hall–Kier alpha value is -2.45. The van der Waals surface area contributed by atoms with Crippen LogP contribution >= 0.6 is 0 Å². The average Bonchev–Trinajstić information content (AvgIpc) is 3.21. The predicted molar refractivity (Wildman–Crippen MR) is 99.1 cm³/mol. The third kappa shape index (κ3) is 3.68. The number of aromatic nitrogens is 6. The van der Waals surface area contributed by atoms with Crippen molar-refractivity contribution in [2.75, 3.05) is 13.1 Å². The first-order valence-corrected chi connectivity index (χ1v) is 9.95. The highest BCUT2D eigenvalue weighted by Gasteiger charge is 2.29. The number of carbonyl (C=O) groups excluding carboxylic acids is 1. The average molecular weight is 372 g/mol. The van der Waals surface area contributed by atoms with Crippen LogP contribution in [-0.4, -0.2) is 53.5 Å². The molecule has 9 nitrogen and oxygen atoms in total. The number of hydrogen-bond donors (Lipinski definition) is 1. The molecule has 0 spiro atoms. The van der Waals surface area contributed by atoms with Gasteiger partial charge in [0, 0.05) is 39.0 Å². The number of rotatable bonds is 3. The fraction of sp³-hybridized carbons (Fsp3) is 0.722. The molecule has 0 bridgehead atoms. The van der Waals surface area contributed by atoms with E-state index in [2.05, 4.69) is 30.3 Å². The van der Waals surface area contributed by atoms with E-state index in [9.17, 15) is 4.79 Å². The number of fused-ring (bicyclic) bond motifs is 1. The first kappa shape index (κ1) is 17.9. The van der Waals surface area contributed by atoms with Gasteiger partial charge in [-0.25, -0.2) is 4.79 Å². The molecule has 4 heterocycles. The molecular formula is C18H28N8O. The lowest BCUT2D eigenvalue weighted by atomic mass is 9.96. The van der Waals surface area contributed by atoms with E-state index in [1.54, 1.807) is 6.33 Å². The molecule has 9 heteroatoms. The Morgan fingerprint density at radius 3 is 2.70 bits per heavy atom. The van der Waals surface area contributed by atoms with Crippen LogP contribution < -0.4 is 5.32 Å². The van der Waals surface area contributed by atoms with Crippen molar-refractivity contribution < 1.29 is 4.79 Å². The largest absolute Gasteiger partial charge is 0.328 e. The monoisotopic (exact) mass is 372 g/mol. The van der Waals surface area contributed by atoms with Crippen LogP contribution in [0.3, 0.4) is 0 Å². The highest BCUT2D eigenvalue weighted by molar-refractivity contribution is 5.74. The molecule has 2 aromatic heterocycles. The fourth-order valence-corrected chi connectivity index (χ4v) is 4.18. The quantitative estimate of drug-likeness (QED) is 0.886. The van der Waals surface area contributed by atoms with E-state index in [0.29, 0.717) is 5.92 Å². The number of piperidine rings is 1. The standard InChI is InChI=1S/C18H28N8O/c1-13(16-22-19-12-24(16)2)20-18(27)25-10-7-14(8-11-25)17-23-21-15-6-4-3-5-9-26(15)17/h12-14H,3-11H2,1-2H3,(H,20,27). The predicted octanol–water partition coefficient (Wildman–Crippen LogP) is 1.78. The summed E-state index contributed by atoms with van der Waals surface area (Å²) in [7, 11) is 1.88. The van der Waals surface area contributed by atoms with Crippen molar-refractivity contribution in [3.8, 4) is 0 Å². The Labute approximate surface area is 159 Å². The zero-order chi connectivity index (χ0) is 18.8. The minimum absolute atomic E-state index is 0.0379. The molecule has 2 aromatic rings. The molecule has 0 saturated carbocycles. The van der Waals surface area contributed by atoms with Gasteiger partial charge >= 0.3 is 6.03 Å². The number of likely N-dealkylation sites (tertiary alicyclic amines) is 1. The lowest BCUT2D eigenvalue weighted by molar-refractivity contribution is 0.176. The highest BCUT2D eigenvalue weighted by Crippen LogP contribution is 2.29. The molecule has 0 radical (unpaired) electrons. The van der Waals surface area contributed by atoms with Gasteiger partial charge in [0.15, 0.2) is 5.82 Å². The summed E-state index contributed by atoms with van der Waals surface area (Å²) in [6.45, 7) is 4.45. The summed E-state index contributed by atoms with van der Waals surface area (Å²) >= 11 is 0. The number of nitrogens with zero attached hydrogens (tertiary/aromatic N) is 7. The molecule has 146 valence electrons. The van der Waals surface area contributed by atoms with Gasteiger partial charge in [-0.1, -0.05) is 6.42 Å². The number of amides is 2. The van der Waals surface area contributed by atoms with Gasteiger partial charge in [0.05, 0.1) is 6.04 Å². The van der Waals surface area contributed by atoms with Gasteiger partial charge in [-0.3, -0.25) is 0 Å². The number of aryl methyl sites for hydroxylation is 2. The lowest BCUT2D eigenvalue weighted by Gasteiger charge is -2.32. The molecule has 1 atom stereocenters. The maximum absolute atomic E-state index is 12.6. The first-order valence-electron chi connectivity index (χ1n) is 9.95. The highest BCUT2D eigenvalue weighted by atomic mass is 16.2. The SMILES string of the molecule is CC(NC(=O)N1CCC(c2nnc3n2CCCCC3)CC1)c1nncn1C. The van der Waals surface area contributed by atoms with E-state index in [-0.39, 0.29) is 12.1 Å². The van der Waals surface area contributed by atoms with Crippen molar-refractivity contribution in [1.82, 2.24) is 39.7 Å². The second kappa shape index (κ2) is 7.66. The van der Waals surface area contributed by atoms with E-state index in [0.717, 1.165) is 56.4 Å². The Bertz CT molecular complexity index is 789. The second-order valence-corrected chi connectivity index (χ2v) is 7.67. The summed E-state index contributed by atoms with van der Waals surface area (Å²) < 4.78 is 4.16. The minimum atomic E-state index is -0.171. The van der Waals surface area contributed by atoms with Crippen molar-refractivity contribution in [2.45, 2.75) is 64.0 Å². The molecule has 0 aromatic carbocycles. The van der Waals surface area contributed by atoms with E-state index >= 15 is 0 Å². The van der Waals surface area contributed by atoms with Gasteiger partial charge in [0.25, 0.3) is 0 Å². The van der Waals surface area contributed by atoms with Crippen LogP contribution in [0.15, 0.2) is 6.33 Å². The smallest absolute Gasteiger partial charge is 0.317 e. The Balaban J connectivity index is 1.34. The molecule has 0 aliphatic carbocycles. The van der Waals surface area contributed by atoms with Gasteiger partial charge < -0.3 is 19.4 Å². The first-order chi connectivity index (χ1) is 13.1. The van der Waals surface area contributed by atoms with Crippen LogP contribution in [0.4, 0.5) is 4.79 Å². The van der Waals surface area contributed by atoms with Crippen LogP contribution in [0.2, 0.25) is 0 Å². The summed E-state index contributed by atoms with van der Waals surface area (Å²) in [5.41, 5.74) is 0. The maximum Gasteiger partial charge on any atom is 0.317 e. The summed E-state index contributed by atoms with van der Waals surface area (Å²) in [4.78, 5) is 14.5. The normalized spacial score (nSPS) is 19.4. The van der Waals surface area contributed by atoms with Gasteiger partial charge in [-0.2, -0.15) is 0 Å². The van der Waals surface area contributed by atoms with Crippen LogP contribution in [0, 0.1) is 0 Å². The van der Waals surface area contributed by atoms with E-state index in [4.69, 9.17) is 0 Å². The molecule has 1 saturated heterocycles. The summed E-state index contributed by atoms with van der Waals surface area (Å²) in [5.74, 6) is 3.41. The Morgan fingerprint density at radius 2 is 1.96 bits per heavy atom. The summed E-state index contributed by atoms with van der Waals surface area (Å²) in [6.07, 6.45) is 8.23. The van der Waals surface area contributed by atoms with E-state index in [1.807, 2.05) is 23.4 Å². The summed E-state index contributed by atoms with van der Waals surface area (Å²) in [5, 5.41) is 19.9. The zero-order valence-corrected chi connectivity index (χ0v) is 16.1. The van der Waals surface area contributed by atoms with Crippen molar-refractivity contribution in [2.24, 2.45) is 7.05 Å². The number of carbonyl (C=O) groups is 1. The lowest BCUT2D eigenvalue weighted by Crippen LogP contribution is -2.45. The molecule has 27 heavy (non-hydrogen) atoms. The van der Waals surface area contributed by atoms with Crippen LogP contribution in [0.25, 0.3) is 0 Å². The topological polar surface area (TPSA) is 93.8 Å². The Morgan fingerprint density at radius 1 is 1.15 bits per heavy atom. The van der Waals surface area contributed by atoms with Crippen molar-refractivity contribution >= 4 is 6.03 Å². The number of nitrogens with one attached hydrogen (secondary N) is 1. The maximum atomic E-state index is 12.6.